The van der Waals surface area contributed by atoms with Crippen LogP contribution >= 0.6 is 12.4 Å². The van der Waals surface area contributed by atoms with Gasteiger partial charge in [-0.05, 0) is 41.8 Å². The van der Waals surface area contributed by atoms with E-state index in [1.807, 2.05) is 58.4 Å². The minimum absolute atomic E-state index is 0. The topological polar surface area (TPSA) is 50.2 Å². The summed E-state index contributed by atoms with van der Waals surface area (Å²) in [6, 6.07) is 16.3. The van der Waals surface area contributed by atoms with E-state index in [0.29, 0.717) is 25.9 Å². The first kappa shape index (κ1) is 21.0. The van der Waals surface area contributed by atoms with Crippen LogP contribution in [0.15, 0.2) is 67.0 Å². The highest BCUT2D eigenvalue weighted by molar-refractivity contribution is 5.85. The van der Waals surface area contributed by atoms with Gasteiger partial charge in [-0.1, -0.05) is 30.3 Å². The summed E-state index contributed by atoms with van der Waals surface area (Å²) >= 11 is 0. The van der Waals surface area contributed by atoms with Crippen LogP contribution in [0.25, 0.3) is 5.69 Å². The van der Waals surface area contributed by atoms with Crippen molar-refractivity contribution in [2.45, 2.75) is 18.9 Å². The number of carbonyl (C=O) groups is 1. The number of piperazine rings is 1. The van der Waals surface area contributed by atoms with Gasteiger partial charge >= 0.3 is 0 Å². The Labute approximate surface area is 175 Å². The highest BCUT2D eigenvalue weighted by Crippen LogP contribution is 2.24. The third-order valence-electron chi connectivity index (χ3n) is 5.08. The zero-order valence-corrected chi connectivity index (χ0v) is 16.8. The van der Waals surface area contributed by atoms with Crippen molar-refractivity contribution in [3.05, 3.63) is 83.9 Å². The number of nitrogens with zero attached hydrogens (tertiary/aromatic N) is 3. The van der Waals surface area contributed by atoms with Gasteiger partial charge in [-0.25, -0.2) is 9.07 Å². The molecular weight excluding hydrogens is 391 g/mol. The van der Waals surface area contributed by atoms with Gasteiger partial charge in [0.25, 0.3) is 0 Å². The van der Waals surface area contributed by atoms with Crippen molar-refractivity contribution in [3.63, 3.8) is 0 Å². The van der Waals surface area contributed by atoms with E-state index in [9.17, 15) is 9.18 Å². The molecule has 1 aliphatic rings. The SMILES string of the molecule is Cl.O=C(CCc1cnn(-c2ccccc2)c1)N1CCNCC1c1cccc(F)c1. The molecule has 0 bridgehead atoms. The first-order chi connectivity index (χ1) is 13.7. The summed E-state index contributed by atoms with van der Waals surface area (Å²) in [6.45, 7) is 2.02. The summed E-state index contributed by atoms with van der Waals surface area (Å²) in [6.07, 6.45) is 4.81. The monoisotopic (exact) mass is 414 g/mol. The predicted molar refractivity (Wildman–Crippen MR) is 113 cm³/mol. The third kappa shape index (κ3) is 5.02. The van der Waals surface area contributed by atoms with Crippen molar-refractivity contribution in [3.8, 4) is 5.69 Å². The van der Waals surface area contributed by atoms with Crippen LogP contribution in [-0.4, -0.2) is 40.2 Å². The van der Waals surface area contributed by atoms with Crippen LogP contribution in [0.5, 0.6) is 0 Å². The number of rotatable bonds is 5. The van der Waals surface area contributed by atoms with Gasteiger partial charge in [-0.15, -0.1) is 12.4 Å². The van der Waals surface area contributed by atoms with Crippen LogP contribution in [-0.2, 0) is 11.2 Å². The maximum Gasteiger partial charge on any atom is 0.223 e. The Morgan fingerprint density at radius 3 is 2.79 bits per heavy atom. The van der Waals surface area contributed by atoms with E-state index >= 15 is 0 Å². The van der Waals surface area contributed by atoms with Gasteiger partial charge in [-0.2, -0.15) is 5.10 Å². The lowest BCUT2D eigenvalue weighted by Gasteiger charge is -2.36. The summed E-state index contributed by atoms with van der Waals surface area (Å²) in [5.74, 6) is -0.188. The Kier molecular flexibility index (Phi) is 7.01. The molecule has 1 N–H and O–H groups in total. The van der Waals surface area contributed by atoms with Crippen LogP contribution in [0.4, 0.5) is 4.39 Å². The van der Waals surface area contributed by atoms with Gasteiger partial charge in [0.1, 0.15) is 5.82 Å². The first-order valence-corrected chi connectivity index (χ1v) is 9.55. The number of nitrogens with one attached hydrogen (secondary N) is 1. The molecular formula is C22H24ClFN4O. The molecule has 4 rings (SSSR count). The number of hydrogen-bond acceptors (Lipinski definition) is 3. The zero-order chi connectivity index (χ0) is 19.3. The van der Waals surface area contributed by atoms with Gasteiger partial charge in [0, 0.05) is 32.3 Å². The largest absolute Gasteiger partial charge is 0.333 e. The van der Waals surface area contributed by atoms with Crippen molar-refractivity contribution >= 4 is 18.3 Å². The van der Waals surface area contributed by atoms with Gasteiger partial charge < -0.3 is 10.2 Å². The highest BCUT2D eigenvalue weighted by atomic mass is 35.5. The highest BCUT2D eigenvalue weighted by Gasteiger charge is 2.27. The molecule has 1 aromatic heterocycles. The summed E-state index contributed by atoms with van der Waals surface area (Å²) in [4.78, 5) is 14.8. The molecule has 1 amide bonds. The average molecular weight is 415 g/mol. The summed E-state index contributed by atoms with van der Waals surface area (Å²) in [5.41, 5.74) is 2.85. The van der Waals surface area contributed by atoms with Crippen LogP contribution in [0.2, 0.25) is 0 Å². The number of hydrogen-bond donors (Lipinski definition) is 1. The van der Waals surface area contributed by atoms with E-state index in [1.165, 1.54) is 12.1 Å². The fourth-order valence-corrected chi connectivity index (χ4v) is 3.62. The third-order valence-corrected chi connectivity index (χ3v) is 5.08. The molecule has 1 saturated heterocycles. The molecule has 1 aliphatic heterocycles. The van der Waals surface area contributed by atoms with E-state index in [4.69, 9.17) is 0 Å². The molecule has 0 spiro atoms. The van der Waals surface area contributed by atoms with E-state index in [1.54, 1.807) is 6.07 Å². The Balaban J connectivity index is 0.00000240. The molecule has 7 heteroatoms. The molecule has 29 heavy (non-hydrogen) atoms. The minimum Gasteiger partial charge on any atom is -0.333 e. The van der Waals surface area contributed by atoms with Crippen LogP contribution < -0.4 is 5.32 Å². The fraction of sp³-hybridized carbons (Fsp3) is 0.273. The number of amides is 1. The predicted octanol–water partition coefficient (Wildman–Crippen LogP) is 3.54. The number of para-hydroxylation sites is 1. The second kappa shape index (κ2) is 9.67. The van der Waals surface area contributed by atoms with Crippen molar-refractivity contribution < 1.29 is 9.18 Å². The van der Waals surface area contributed by atoms with Crippen LogP contribution in [0, 0.1) is 5.82 Å². The lowest BCUT2D eigenvalue weighted by Crippen LogP contribution is -2.48. The number of benzene rings is 2. The molecule has 2 heterocycles. The summed E-state index contributed by atoms with van der Waals surface area (Å²) < 4.78 is 15.4. The Bertz CT molecular complexity index is 947. The maximum atomic E-state index is 13.6. The van der Waals surface area contributed by atoms with E-state index in [2.05, 4.69) is 10.4 Å². The van der Waals surface area contributed by atoms with Crippen LogP contribution in [0.1, 0.15) is 23.6 Å². The molecule has 0 aliphatic carbocycles. The van der Waals surface area contributed by atoms with Gasteiger partial charge in [0.15, 0.2) is 0 Å². The standard InChI is InChI=1S/C22H23FN4O.ClH/c23-19-6-4-5-18(13-19)21-15-24-11-12-26(21)22(28)10-9-17-14-25-27(16-17)20-7-2-1-3-8-20;/h1-8,13-14,16,21,24H,9-12,15H2;1H. The normalized spacial score (nSPS) is 16.3. The molecule has 152 valence electrons. The first-order valence-electron chi connectivity index (χ1n) is 9.55. The quantitative estimate of drug-likeness (QED) is 0.694. The number of halogens is 2. The lowest BCUT2D eigenvalue weighted by atomic mass is 10.0. The van der Waals surface area contributed by atoms with Gasteiger partial charge in [-0.3, -0.25) is 4.79 Å². The molecule has 0 radical (unpaired) electrons. The second-order valence-corrected chi connectivity index (χ2v) is 6.99. The molecule has 1 unspecified atom stereocenters. The Morgan fingerprint density at radius 1 is 1.17 bits per heavy atom. The molecule has 2 aromatic carbocycles. The molecule has 1 atom stereocenters. The second-order valence-electron chi connectivity index (χ2n) is 6.99. The molecule has 1 fully saturated rings. The number of aromatic nitrogens is 2. The van der Waals surface area contributed by atoms with Crippen molar-refractivity contribution in [2.24, 2.45) is 0 Å². The van der Waals surface area contributed by atoms with Gasteiger partial charge in [0.05, 0.1) is 17.9 Å². The van der Waals surface area contributed by atoms with Crippen molar-refractivity contribution in [2.75, 3.05) is 19.6 Å². The molecule has 3 aromatic rings. The smallest absolute Gasteiger partial charge is 0.223 e. The average Bonchev–Trinajstić information content (AvgIpc) is 3.22. The lowest BCUT2D eigenvalue weighted by molar-refractivity contribution is -0.134. The Hall–Kier alpha value is -2.70. The molecule has 0 saturated carbocycles. The summed E-state index contributed by atoms with van der Waals surface area (Å²) in [7, 11) is 0. The van der Waals surface area contributed by atoms with Gasteiger partial charge in [0.2, 0.25) is 5.91 Å². The van der Waals surface area contributed by atoms with Crippen LogP contribution in [0.3, 0.4) is 0 Å². The molecule has 5 nitrogen and oxygen atoms in total. The maximum absolute atomic E-state index is 13.6. The van der Waals surface area contributed by atoms with E-state index in [0.717, 1.165) is 23.4 Å². The van der Waals surface area contributed by atoms with E-state index < -0.39 is 0 Å². The van der Waals surface area contributed by atoms with E-state index in [-0.39, 0.29) is 30.2 Å². The summed E-state index contributed by atoms with van der Waals surface area (Å²) in [5, 5.41) is 7.69. The Morgan fingerprint density at radius 2 is 2.00 bits per heavy atom. The minimum atomic E-state index is -0.274. The number of aryl methyl sites for hydroxylation is 1. The fourth-order valence-electron chi connectivity index (χ4n) is 3.62. The van der Waals surface area contributed by atoms with Crippen molar-refractivity contribution in [1.29, 1.82) is 0 Å². The number of carbonyl (C=O) groups excluding carboxylic acids is 1. The van der Waals surface area contributed by atoms with Crippen molar-refractivity contribution in [1.82, 2.24) is 20.0 Å². The zero-order valence-electron chi connectivity index (χ0n) is 16.0.